The molecule has 116 valence electrons. The molecule has 1 aromatic rings. The zero-order valence-corrected chi connectivity index (χ0v) is 13.4. The van der Waals surface area contributed by atoms with Crippen LogP contribution in [0.3, 0.4) is 0 Å². The van der Waals surface area contributed by atoms with Crippen LogP contribution in [-0.2, 0) is 4.79 Å². The molecule has 1 unspecified atom stereocenters. The maximum atomic E-state index is 12.7. The second-order valence-electron chi connectivity index (χ2n) is 6.68. The summed E-state index contributed by atoms with van der Waals surface area (Å²) in [6.45, 7) is 10.5. The van der Waals surface area contributed by atoms with Crippen LogP contribution < -0.4 is 5.73 Å². The maximum Gasteiger partial charge on any atom is 0.231 e. The second kappa shape index (κ2) is 6.58. The first-order chi connectivity index (χ1) is 9.93. The minimum Gasteiger partial charge on any atom is -0.340 e. The molecule has 1 aliphatic rings. The number of nitrogens with zero attached hydrogens (tertiary/aromatic N) is 2. The highest BCUT2D eigenvalue weighted by atomic mass is 16.2. The molecule has 1 amide bonds. The van der Waals surface area contributed by atoms with Crippen LogP contribution in [-0.4, -0.2) is 54.0 Å². The Balaban J connectivity index is 2.01. The zero-order chi connectivity index (χ0) is 15.5. The number of carbonyl (C=O) groups excluding carboxylic acids is 1. The molecule has 21 heavy (non-hydrogen) atoms. The monoisotopic (exact) mass is 289 g/mol. The summed E-state index contributed by atoms with van der Waals surface area (Å²) in [4.78, 5) is 17.1. The van der Waals surface area contributed by atoms with Gasteiger partial charge in [-0.25, -0.2) is 0 Å². The normalized spacial score (nSPS) is 18.6. The van der Waals surface area contributed by atoms with E-state index < -0.39 is 0 Å². The molecule has 0 radical (unpaired) electrons. The molecule has 0 aromatic heterocycles. The van der Waals surface area contributed by atoms with Gasteiger partial charge in [0.1, 0.15) is 0 Å². The minimum absolute atomic E-state index is 0.164. The van der Waals surface area contributed by atoms with E-state index >= 15 is 0 Å². The summed E-state index contributed by atoms with van der Waals surface area (Å²) in [5, 5.41) is 0. The lowest BCUT2D eigenvalue weighted by Crippen LogP contribution is -2.55. The standard InChI is InChI=1S/C17H27N3O/c1-17(2,3)20-11-9-19(10-12-20)16(21)15(13-18)14-7-5-4-6-8-14/h4-8,15H,9-13,18H2,1-3H3. The van der Waals surface area contributed by atoms with Crippen molar-refractivity contribution in [3.63, 3.8) is 0 Å². The van der Waals surface area contributed by atoms with E-state index in [1.54, 1.807) is 0 Å². The SMILES string of the molecule is CC(C)(C)N1CCN(C(=O)C(CN)c2ccccc2)CC1. The smallest absolute Gasteiger partial charge is 0.231 e. The predicted octanol–water partition coefficient (Wildman–Crippen LogP) is 1.67. The molecule has 1 atom stereocenters. The van der Waals surface area contributed by atoms with Crippen molar-refractivity contribution in [1.29, 1.82) is 0 Å². The van der Waals surface area contributed by atoms with Crippen LogP contribution in [0.5, 0.6) is 0 Å². The lowest BCUT2D eigenvalue weighted by Gasteiger charge is -2.43. The van der Waals surface area contributed by atoms with Gasteiger partial charge in [-0.05, 0) is 26.3 Å². The Labute approximate surface area is 127 Å². The third-order valence-corrected chi connectivity index (χ3v) is 4.28. The Morgan fingerprint density at radius 2 is 1.71 bits per heavy atom. The molecule has 1 saturated heterocycles. The summed E-state index contributed by atoms with van der Waals surface area (Å²) in [5.74, 6) is -0.0513. The van der Waals surface area contributed by atoms with Gasteiger partial charge >= 0.3 is 0 Å². The first-order valence-electron chi connectivity index (χ1n) is 7.72. The van der Waals surface area contributed by atoms with Crippen LogP contribution in [0.2, 0.25) is 0 Å². The number of amides is 1. The van der Waals surface area contributed by atoms with Crippen molar-refractivity contribution < 1.29 is 4.79 Å². The van der Waals surface area contributed by atoms with Gasteiger partial charge in [-0.15, -0.1) is 0 Å². The van der Waals surface area contributed by atoms with Crippen LogP contribution in [0.25, 0.3) is 0 Å². The molecule has 1 aliphatic heterocycles. The molecule has 0 aliphatic carbocycles. The lowest BCUT2D eigenvalue weighted by molar-refractivity contribution is -0.135. The molecule has 0 spiro atoms. The first kappa shape index (κ1) is 16.0. The number of hydrogen-bond acceptors (Lipinski definition) is 3. The van der Waals surface area contributed by atoms with Crippen LogP contribution >= 0.6 is 0 Å². The largest absolute Gasteiger partial charge is 0.340 e. The highest BCUT2D eigenvalue weighted by Crippen LogP contribution is 2.21. The van der Waals surface area contributed by atoms with Gasteiger partial charge in [-0.3, -0.25) is 9.69 Å². The first-order valence-corrected chi connectivity index (χ1v) is 7.72. The van der Waals surface area contributed by atoms with Crippen molar-refractivity contribution in [1.82, 2.24) is 9.80 Å². The number of piperazine rings is 1. The van der Waals surface area contributed by atoms with E-state index in [1.165, 1.54) is 0 Å². The van der Waals surface area contributed by atoms with Crippen LogP contribution in [0, 0.1) is 0 Å². The van der Waals surface area contributed by atoms with Gasteiger partial charge in [0.25, 0.3) is 0 Å². The van der Waals surface area contributed by atoms with Crippen molar-refractivity contribution in [3.8, 4) is 0 Å². The highest BCUT2D eigenvalue weighted by molar-refractivity contribution is 5.84. The maximum absolute atomic E-state index is 12.7. The van der Waals surface area contributed by atoms with Gasteiger partial charge in [0, 0.05) is 38.3 Å². The zero-order valence-electron chi connectivity index (χ0n) is 13.4. The summed E-state index contributed by atoms with van der Waals surface area (Å²) < 4.78 is 0. The topological polar surface area (TPSA) is 49.6 Å². The van der Waals surface area contributed by atoms with Gasteiger partial charge in [-0.1, -0.05) is 30.3 Å². The molecule has 0 saturated carbocycles. The van der Waals surface area contributed by atoms with E-state index in [9.17, 15) is 4.79 Å². The number of nitrogens with two attached hydrogens (primary N) is 1. The van der Waals surface area contributed by atoms with Crippen LogP contribution in [0.15, 0.2) is 30.3 Å². The average Bonchev–Trinajstić information content (AvgIpc) is 2.48. The Kier molecular flexibility index (Phi) is 5.01. The summed E-state index contributed by atoms with van der Waals surface area (Å²) in [6, 6.07) is 9.86. The third-order valence-electron chi connectivity index (χ3n) is 4.28. The van der Waals surface area contributed by atoms with E-state index in [4.69, 9.17) is 5.73 Å². The Morgan fingerprint density at radius 3 is 2.19 bits per heavy atom. The summed E-state index contributed by atoms with van der Waals surface area (Å²) >= 11 is 0. The van der Waals surface area contributed by atoms with E-state index in [-0.39, 0.29) is 17.4 Å². The fourth-order valence-electron chi connectivity index (χ4n) is 2.88. The number of rotatable bonds is 3. The van der Waals surface area contributed by atoms with Crippen molar-refractivity contribution in [3.05, 3.63) is 35.9 Å². The highest BCUT2D eigenvalue weighted by Gasteiger charge is 2.30. The summed E-state index contributed by atoms with van der Waals surface area (Å²) in [5.41, 5.74) is 7.04. The van der Waals surface area contributed by atoms with Gasteiger partial charge in [0.2, 0.25) is 5.91 Å². The minimum atomic E-state index is -0.215. The Bertz CT molecular complexity index is 459. The van der Waals surface area contributed by atoms with Crippen molar-refractivity contribution in [2.24, 2.45) is 5.73 Å². The van der Waals surface area contributed by atoms with Gasteiger partial charge in [0.05, 0.1) is 5.92 Å². The molecular weight excluding hydrogens is 262 g/mol. The molecule has 0 bridgehead atoms. The van der Waals surface area contributed by atoms with Crippen LogP contribution in [0.4, 0.5) is 0 Å². The van der Waals surface area contributed by atoms with Gasteiger partial charge in [0.15, 0.2) is 0 Å². The van der Waals surface area contributed by atoms with Crippen molar-refractivity contribution in [2.45, 2.75) is 32.2 Å². The van der Waals surface area contributed by atoms with Crippen LogP contribution in [0.1, 0.15) is 32.3 Å². The van der Waals surface area contributed by atoms with E-state index in [1.807, 2.05) is 35.2 Å². The summed E-state index contributed by atoms with van der Waals surface area (Å²) in [6.07, 6.45) is 0. The number of hydrogen-bond donors (Lipinski definition) is 1. The second-order valence-corrected chi connectivity index (χ2v) is 6.68. The quantitative estimate of drug-likeness (QED) is 0.921. The van der Waals surface area contributed by atoms with Crippen molar-refractivity contribution >= 4 is 5.91 Å². The molecule has 2 N–H and O–H groups in total. The molecule has 2 rings (SSSR count). The molecular formula is C17H27N3O. The Morgan fingerprint density at radius 1 is 1.14 bits per heavy atom. The number of carbonyl (C=O) groups is 1. The fourth-order valence-corrected chi connectivity index (χ4v) is 2.88. The molecule has 1 aromatic carbocycles. The molecule has 4 nitrogen and oxygen atoms in total. The predicted molar refractivity (Wildman–Crippen MR) is 86.1 cm³/mol. The van der Waals surface area contributed by atoms with E-state index in [0.29, 0.717) is 6.54 Å². The Hall–Kier alpha value is -1.39. The number of benzene rings is 1. The molecule has 1 fully saturated rings. The third kappa shape index (κ3) is 3.83. The van der Waals surface area contributed by atoms with Gasteiger partial charge < -0.3 is 10.6 Å². The van der Waals surface area contributed by atoms with Gasteiger partial charge in [-0.2, -0.15) is 0 Å². The molecule has 1 heterocycles. The van der Waals surface area contributed by atoms with Crippen molar-refractivity contribution in [2.75, 3.05) is 32.7 Å². The average molecular weight is 289 g/mol. The van der Waals surface area contributed by atoms with E-state index in [2.05, 4.69) is 25.7 Å². The van der Waals surface area contributed by atoms with E-state index in [0.717, 1.165) is 31.7 Å². The summed E-state index contributed by atoms with van der Waals surface area (Å²) in [7, 11) is 0. The fraction of sp³-hybridized carbons (Fsp3) is 0.588. The lowest BCUT2D eigenvalue weighted by atomic mass is 9.97. The molecule has 4 heteroatoms.